The van der Waals surface area contributed by atoms with Crippen LogP contribution in [0.1, 0.15) is 20.0 Å². The molecule has 0 fully saturated rings. The van der Waals surface area contributed by atoms with E-state index in [1.807, 2.05) is 0 Å². The number of ketones is 1. The minimum absolute atomic E-state index is 0.288. The van der Waals surface area contributed by atoms with E-state index in [9.17, 15) is 14.7 Å². The zero-order valence-corrected chi connectivity index (χ0v) is 10.1. The van der Waals surface area contributed by atoms with Gasteiger partial charge in [0.1, 0.15) is 0 Å². The Hall–Kier alpha value is -2.05. The average Bonchev–Trinajstić information content (AvgIpc) is 2.92. The van der Waals surface area contributed by atoms with Crippen molar-refractivity contribution in [1.29, 1.82) is 0 Å². The molecule has 6 heteroatoms. The van der Waals surface area contributed by atoms with Crippen LogP contribution in [0.4, 0.5) is 0 Å². The maximum atomic E-state index is 11.7. The number of carbonyl (C=O) groups excluding carboxylic acids is 2. The number of aliphatic hydroxyl groups is 1. The van der Waals surface area contributed by atoms with Crippen LogP contribution in [0.15, 0.2) is 42.0 Å². The molecule has 5 nitrogen and oxygen atoms in total. The summed E-state index contributed by atoms with van der Waals surface area (Å²) in [6.45, 7) is 0. The molecule has 0 aromatic carbocycles. The molecule has 0 aliphatic heterocycles. The number of thiophene rings is 1. The van der Waals surface area contributed by atoms with Gasteiger partial charge in [-0.05, 0) is 23.6 Å². The van der Waals surface area contributed by atoms with Gasteiger partial charge in [-0.25, -0.2) is 0 Å². The number of nitrogens with zero attached hydrogens (tertiary/aromatic N) is 1. The van der Waals surface area contributed by atoms with Crippen LogP contribution in [-0.2, 0) is 0 Å². The molecule has 92 valence electrons. The van der Waals surface area contributed by atoms with Gasteiger partial charge in [-0.15, -0.1) is 11.3 Å². The highest BCUT2D eigenvalue weighted by Crippen LogP contribution is 2.10. The minimum atomic E-state index is -1.55. The van der Waals surface area contributed by atoms with Crippen molar-refractivity contribution in [2.75, 3.05) is 0 Å². The zero-order valence-electron chi connectivity index (χ0n) is 9.24. The Balaban J connectivity index is 2.02. The lowest BCUT2D eigenvalue weighted by molar-refractivity contribution is 0.0610. The van der Waals surface area contributed by atoms with E-state index in [0.29, 0.717) is 4.88 Å². The zero-order chi connectivity index (χ0) is 13.0. The van der Waals surface area contributed by atoms with Crippen LogP contribution in [-0.4, -0.2) is 28.0 Å². The molecule has 0 unspecified atom stereocenters. The van der Waals surface area contributed by atoms with Gasteiger partial charge in [0.2, 0.25) is 5.78 Å². The molecule has 1 atom stereocenters. The second-order valence-corrected chi connectivity index (χ2v) is 4.41. The van der Waals surface area contributed by atoms with E-state index in [2.05, 4.69) is 10.3 Å². The standard InChI is InChI=1S/C12H10N2O3S/c15-10(9-4-2-6-18-9)12(17)14-11(16)8-3-1-5-13-7-8/h1-7,12,17H,(H,14,16)/t12-/m1/s1. The molecule has 0 saturated heterocycles. The molecular weight excluding hydrogens is 252 g/mol. The molecule has 1 amide bonds. The molecule has 2 aromatic heterocycles. The Labute approximate surface area is 107 Å². The normalized spacial score (nSPS) is 11.8. The SMILES string of the molecule is O=C(N[C@H](O)C(=O)c1cccs1)c1cccnc1. The first-order chi connectivity index (χ1) is 8.68. The van der Waals surface area contributed by atoms with Crippen LogP contribution in [0.25, 0.3) is 0 Å². The van der Waals surface area contributed by atoms with Crippen LogP contribution in [0, 0.1) is 0 Å². The Morgan fingerprint density at radius 1 is 1.33 bits per heavy atom. The van der Waals surface area contributed by atoms with E-state index in [0.717, 1.165) is 0 Å². The molecule has 18 heavy (non-hydrogen) atoms. The fourth-order valence-electron chi connectivity index (χ4n) is 1.32. The maximum absolute atomic E-state index is 11.7. The van der Waals surface area contributed by atoms with Crippen molar-refractivity contribution >= 4 is 23.0 Å². The van der Waals surface area contributed by atoms with E-state index in [1.54, 1.807) is 29.6 Å². The summed E-state index contributed by atoms with van der Waals surface area (Å²) in [6, 6.07) is 6.44. The maximum Gasteiger partial charge on any atom is 0.255 e. The quantitative estimate of drug-likeness (QED) is 0.638. The van der Waals surface area contributed by atoms with Crippen molar-refractivity contribution in [3.05, 3.63) is 52.5 Å². The largest absolute Gasteiger partial charge is 0.367 e. The molecule has 0 saturated carbocycles. The Bertz CT molecular complexity index is 540. The third-order valence-electron chi connectivity index (χ3n) is 2.20. The predicted octanol–water partition coefficient (Wildman–Crippen LogP) is 1.07. The smallest absolute Gasteiger partial charge is 0.255 e. The van der Waals surface area contributed by atoms with Crippen molar-refractivity contribution in [2.45, 2.75) is 6.23 Å². The van der Waals surface area contributed by atoms with Gasteiger partial charge in [-0.1, -0.05) is 6.07 Å². The van der Waals surface area contributed by atoms with Crippen LogP contribution in [0.2, 0.25) is 0 Å². The lowest BCUT2D eigenvalue weighted by Gasteiger charge is -2.10. The summed E-state index contributed by atoms with van der Waals surface area (Å²) in [6.07, 6.45) is 1.35. The van der Waals surface area contributed by atoms with Crippen LogP contribution in [0.5, 0.6) is 0 Å². The number of carbonyl (C=O) groups is 2. The number of hydrogen-bond acceptors (Lipinski definition) is 5. The van der Waals surface area contributed by atoms with Crippen molar-refractivity contribution in [3.8, 4) is 0 Å². The van der Waals surface area contributed by atoms with Gasteiger partial charge >= 0.3 is 0 Å². The first-order valence-corrected chi connectivity index (χ1v) is 6.03. The molecule has 2 N–H and O–H groups in total. The third-order valence-corrected chi connectivity index (χ3v) is 3.09. The molecule has 0 bridgehead atoms. The van der Waals surface area contributed by atoms with E-state index in [-0.39, 0.29) is 5.56 Å². The fourth-order valence-corrected chi connectivity index (χ4v) is 2.01. The summed E-state index contributed by atoms with van der Waals surface area (Å²) in [7, 11) is 0. The molecule has 2 aromatic rings. The Morgan fingerprint density at radius 2 is 2.17 bits per heavy atom. The van der Waals surface area contributed by atoms with Crippen LogP contribution in [0.3, 0.4) is 0 Å². The van der Waals surface area contributed by atoms with E-state index >= 15 is 0 Å². The average molecular weight is 262 g/mol. The number of hydrogen-bond donors (Lipinski definition) is 2. The number of aliphatic hydroxyl groups excluding tert-OH is 1. The number of Topliss-reactive ketones (excluding diaryl/α,β-unsaturated/α-hetero) is 1. The van der Waals surface area contributed by atoms with Gasteiger partial charge in [0.15, 0.2) is 6.23 Å². The van der Waals surface area contributed by atoms with Crippen molar-refractivity contribution in [1.82, 2.24) is 10.3 Å². The summed E-state index contributed by atoms with van der Waals surface area (Å²) in [5.74, 6) is -1.07. The predicted molar refractivity (Wildman–Crippen MR) is 66.4 cm³/mol. The monoisotopic (exact) mass is 262 g/mol. The van der Waals surface area contributed by atoms with Crippen molar-refractivity contribution in [3.63, 3.8) is 0 Å². The minimum Gasteiger partial charge on any atom is -0.367 e. The highest BCUT2D eigenvalue weighted by molar-refractivity contribution is 7.12. The molecule has 0 spiro atoms. The summed E-state index contributed by atoms with van der Waals surface area (Å²) < 4.78 is 0. The highest BCUT2D eigenvalue weighted by atomic mass is 32.1. The van der Waals surface area contributed by atoms with Gasteiger partial charge in [-0.3, -0.25) is 14.6 Å². The number of aromatic nitrogens is 1. The van der Waals surface area contributed by atoms with E-state index in [1.165, 1.54) is 23.7 Å². The Morgan fingerprint density at radius 3 is 2.78 bits per heavy atom. The van der Waals surface area contributed by atoms with E-state index < -0.39 is 17.9 Å². The second-order valence-electron chi connectivity index (χ2n) is 3.46. The van der Waals surface area contributed by atoms with Gasteiger partial charge in [0, 0.05) is 12.4 Å². The number of nitrogens with one attached hydrogen (secondary N) is 1. The van der Waals surface area contributed by atoms with Crippen molar-refractivity contribution < 1.29 is 14.7 Å². The molecular formula is C12H10N2O3S. The summed E-state index contributed by atoms with van der Waals surface area (Å²) in [5.41, 5.74) is 0.288. The molecule has 0 aliphatic carbocycles. The topological polar surface area (TPSA) is 79.3 Å². The molecule has 2 heterocycles. The van der Waals surface area contributed by atoms with Crippen LogP contribution >= 0.6 is 11.3 Å². The third kappa shape index (κ3) is 2.79. The lowest BCUT2D eigenvalue weighted by Crippen LogP contribution is -2.40. The summed E-state index contributed by atoms with van der Waals surface area (Å²) in [4.78, 5) is 27.6. The fraction of sp³-hybridized carbons (Fsp3) is 0.0833. The Kier molecular flexibility index (Phi) is 3.81. The van der Waals surface area contributed by atoms with Gasteiger partial charge < -0.3 is 10.4 Å². The van der Waals surface area contributed by atoms with Gasteiger partial charge in [0.25, 0.3) is 5.91 Å². The second kappa shape index (κ2) is 5.52. The first-order valence-electron chi connectivity index (χ1n) is 5.15. The summed E-state index contributed by atoms with van der Waals surface area (Å²) in [5, 5.41) is 13.6. The van der Waals surface area contributed by atoms with Gasteiger partial charge in [0.05, 0.1) is 10.4 Å². The van der Waals surface area contributed by atoms with E-state index in [4.69, 9.17) is 0 Å². The lowest BCUT2D eigenvalue weighted by atomic mass is 10.2. The van der Waals surface area contributed by atoms with Crippen LogP contribution < -0.4 is 5.32 Å². The number of rotatable bonds is 4. The molecule has 0 aliphatic rings. The number of amides is 1. The molecule has 0 radical (unpaired) electrons. The number of pyridine rings is 1. The highest BCUT2D eigenvalue weighted by Gasteiger charge is 2.20. The van der Waals surface area contributed by atoms with Gasteiger partial charge in [-0.2, -0.15) is 0 Å². The molecule has 2 rings (SSSR count). The first kappa shape index (κ1) is 12.4. The summed E-state index contributed by atoms with van der Waals surface area (Å²) >= 11 is 1.21. The van der Waals surface area contributed by atoms with Crippen molar-refractivity contribution in [2.24, 2.45) is 0 Å².